The Hall–Kier alpha value is -0.690. The molecule has 4 nitrogen and oxygen atoms in total. The molecular weight excluding hydrogens is 285 g/mol. The zero-order chi connectivity index (χ0) is 8.27. The van der Waals surface area contributed by atoms with Crippen LogP contribution in [0.2, 0.25) is 0 Å². The van der Waals surface area contributed by atoms with Crippen LogP contribution in [0.5, 0.6) is 0 Å². The summed E-state index contributed by atoms with van der Waals surface area (Å²) in [5, 5.41) is 0. The van der Waals surface area contributed by atoms with Gasteiger partial charge in [0.15, 0.2) is 12.4 Å². The lowest BCUT2D eigenvalue weighted by molar-refractivity contribution is -0.671. The van der Waals surface area contributed by atoms with Crippen molar-refractivity contribution in [3.8, 4) is 0 Å². The van der Waals surface area contributed by atoms with Crippen molar-refractivity contribution in [2.45, 2.75) is 0 Å². The highest BCUT2D eigenvalue weighted by molar-refractivity contribution is 5.88. The lowest BCUT2D eigenvalue weighted by Crippen LogP contribution is -3.00. The normalized spacial score (nSPS) is 7.85. The first kappa shape index (κ1) is 14.8. The van der Waals surface area contributed by atoms with Crippen LogP contribution < -0.4 is 28.5 Å². The molecular formula is C8H12INO3. The lowest BCUT2D eigenvalue weighted by Gasteiger charge is -1.95. The van der Waals surface area contributed by atoms with Crippen LogP contribution in [0.25, 0.3) is 0 Å². The highest BCUT2D eigenvalue weighted by Crippen LogP contribution is 1.95. The molecule has 0 atom stereocenters. The molecule has 0 aliphatic rings. The van der Waals surface area contributed by atoms with E-state index >= 15 is 0 Å². The van der Waals surface area contributed by atoms with E-state index in [9.17, 15) is 4.79 Å². The third kappa shape index (κ3) is 4.18. The number of pyridine rings is 1. The Morgan fingerprint density at radius 1 is 1.38 bits per heavy atom. The van der Waals surface area contributed by atoms with E-state index in [1.165, 1.54) is 7.11 Å². The van der Waals surface area contributed by atoms with Gasteiger partial charge >= 0.3 is 5.97 Å². The molecule has 74 valence electrons. The largest absolute Gasteiger partial charge is 1.00 e. The standard InChI is InChI=1S/C8H10NO2.HI.H2O/c1-9-5-3-7(4-6-9)8(10)11-2;;/h3-6H,1-2H3;1H;1H2/q+1;;/p-1. The van der Waals surface area contributed by atoms with Gasteiger partial charge in [0.05, 0.1) is 12.7 Å². The molecule has 0 saturated heterocycles. The maximum absolute atomic E-state index is 10.9. The molecule has 0 aromatic carbocycles. The zero-order valence-corrected chi connectivity index (χ0v) is 9.61. The fourth-order valence-corrected chi connectivity index (χ4v) is 0.755. The second-order valence-electron chi connectivity index (χ2n) is 2.24. The quantitative estimate of drug-likeness (QED) is 0.306. The van der Waals surface area contributed by atoms with Crippen molar-refractivity contribution >= 4 is 5.97 Å². The smallest absolute Gasteiger partial charge is 0.338 e. The molecule has 0 bridgehead atoms. The van der Waals surface area contributed by atoms with Crippen molar-refractivity contribution < 1.29 is 43.6 Å². The molecule has 0 fully saturated rings. The predicted molar refractivity (Wildman–Crippen MR) is 42.6 cm³/mol. The summed E-state index contributed by atoms with van der Waals surface area (Å²) >= 11 is 0. The summed E-state index contributed by atoms with van der Waals surface area (Å²) in [7, 11) is 3.26. The van der Waals surface area contributed by atoms with Crippen molar-refractivity contribution in [2.75, 3.05) is 7.11 Å². The second-order valence-corrected chi connectivity index (χ2v) is 2.24. The van der Waals surface area contributed by atoms with E-state index in [1.54, 1.807) is 24.5 Å². The van der Waals surface area contributed by atoms with E-state index in [0.717, 1.165) is 0 Å². The molecule has 1 heterocycles. The first-order valence-electron chi connectivity index (χ1n) is 3.27. The minimum Gasteiger partial charge on any atom is -1.00 e. The highest BCUT2D eigenvalue weighted by atomic mass is 127. The Morgan fingerprint density at radius 3 is 2.23 bits per heavy atom. The van der Waals surface area contributed by atoms with Crippen molar-refractivity contribution in [2.24, 2.45) is 7.05 Å². The summed E-state index contributed by atoms with van der Waals surface area (Å²) in [6.07, 6.45) is 3.60. The van der Waals surface area contributed by atoms with Crippen LogP contribution in [0.4, 0.5) is 0 Å². The molecule has 0 aliphatic carbocycles. The molecule has 0 saturated carbocycles. The summed E-state index contributed by atoms with van der Waals surface area (Å²) in [6.45, 7) is 0. The van der Waals surface area contributed by atoms with Gasteiger partial charge in [0.1, 0.15) is 7.05 Å². The Bertz CT molecular complexity index is 261. The minimum absolute atomic E-state index is 0. The number of aryl methyl sites for hydroxylation is 1. The summed E-state index contributed by atoms with van der Waals surface area (Å²) in [5.74, 6) is -0.300. The molecule has 0 radical (unpaired) electrons. The number of hydrogen-bond acceptors (Lipinski definition) is 2. The zero-order valence-electron chi connectivity index (χ0n) is 7.45. The maximum atomic E-state index is 10.9. The maximum Gasteiger partial charge on any atom is 0.338 e. The van der Waals surface area contributed by atoms with Crippen LogP contribution in [0.15, 0.2) is 24.5 Å². The highest BCUT2D eigenvalue weighted by Gasteiger charge is 2.04. The average Bonchev–Trinajstić information content (AvgIpc) is 2.05. The van der Waals surface area contributed by atoms with Crippen molar-refractivity contribution in [1.82, 2.24) is 0 Å². The van der Waals surface area contributed by atoms with E-state index in [0.29, 0.717) is 5.56 Å². The predicted octanol–water partition coefficient (Wildman–Crippen LogP) is -3.52. The van der Waals surface area contributed by atoms with E-state index < -0.39 is 0 Å². The van der Waals surface area contributed by atoms with Crippen molar-refractivity contribution in [3.63, 3.8) is 0 Å². The van der Waals surface area contributed by atoms with Gasteiger partial charge in [-0.25, -0.2) is 9.36 Å². The number of aromatic nitrogens is 1. The van der Waals surface area contributed by atoms with Gasteiger partial charge in [-0.3, -0.25) is 0 Å². The number of methoxy groups -OCH3 is 1. The number of halogens is 1. The molecule has 2 N–H and O–H groups in total. The first-order valence-corrected chi connectivity index (χ1v) is 3.27. The van der Waals surface area contributed by atoms with Gasteiger partial charge in [0, 0.05) is 12.1 Å². The van der Waals surface area contributed by atoms with Crippen LogP contribution in [0, 0.1) is 0 Å². The Labute approximate surface area is 93.9 Å². The topological polar surface area (TPSA) is 61.7 Å². The van der Waals surface area contributed by atoms with E-state index in [1.807, 2.05) is 11.6 Å². The number of rotatable bonds is 1. The number of ether oxygens (including phenoxy) is 1. The molecule has 13 heavy (non-hydrogen) atoms. The molecule has 1 rings (SSSR count). The van der Waals surface area contributed by atoms with Crippen LogP contribution in [-0.2, 0) is 11.8 Å². The molecule has 1 aromatic heterocycles. The van der Waals surface area contributed by atoms with Gasteiger partial charge in [0.2, 0.25) is 0 Å². The number of esters is 1. The summed E-state index contributed by atoms with van der Waals surface area (Å²) in [5.41, 5.74) is 0.575. The van der Waals surface area contributed by atoms with Crippen LogP contribution in [0.1, 0.15) is 10.4 Å². The number of nitrogens with zero attached hydrogens (tertiary/aromatic N) is 1. The third-order valence-electron chi connectivity index (χ3n) is 1.40. The van der Waals surface area contributed by atoms with Gasteiger partial charge in [-0.05, 0) is 0 Å². The van der Waals surface area contributed by atoms with Crippen LogP contribution in [0.3, 0.4) is 0 Å². The average molecular weight is 297 g/mol. The number of hydrogen-bond donors (Lipinski definition) is 0. The number of carbonyl (C=O) groups is 1. The monoisotopic (exact) mass is 297 g/mol. The summed E-state index contributed by atoms with van der Waals surface area (Å²) < 4.78 is 6.38. The second kappa shape index (κ2) is 6.79. The van der Waals surface area contributed by atoms with E-state index in [4.69, 9.17) is 0 Å². The van der Waals surface area contributed by atoms with Gasteiger partial charge in [0.25, 0.3) is 0 Å². The van der Waals surface area contributed by atoms with Crippen LogP contribution >= 0.6 is 0 Å². The summed E-state index contributed by atoms with van der Waals surface area (Å²) in [6, 6.07) is 3.43. The molecule has 0 amide bonds. The fourth-order valence-electron chi connectivity index (χ4n) is 0.755. The Morgan fingerprint density at radius 2 is 1.85 bits per heavy atom. The Kier molecular flexibility index (Phi) is 7.73. The molecule has 1 aromatic rings. The molecule has 0 aliphatic heterocycles. The van der Waals surface area contributed by atoms with Crippen LogP contribution in [-0.4, -0.2) is 18.6 Å². The first-order chi connectivity index (χ1) is 5.24. The summed E-state index contributed by atoms with van der Waals surface area (Å²) in [4.78, 5) is 10.9. The van der Waals surface area contributed by atoms with Crippen molar-refractivity contribution in [3.05, 3.63) is 30.1 Å². The van der Waals surface area contributed by atoms with Gasteiger partial charge < -0.3 is 34.2 Å². The minimum atomic E-state index is -0.300. The van der Waals surface area contributed by atoms with Crippen molar-refractivity contribution in [1.29, 1.82) is 0 Å². The third-order valence-corrected chi connectivity index (χ3v) is 1.40. The Balaban J connectivity index is 0. The van der Waals surface area contributed by atoms with E-state index in [2.05, 4.69) is 4.74 Å². The van der Waals surface area contributed by atoms with E-state index in [-0.39, 0.29) is 35.4 Å². The van der Waals surface area contributed by atoms with Gasteiger partial charge in [-0.15, -0.1) is 0 Å². The lowest BCUT2D eigenvalue weighted by atomic mass is 10.3. The fraction of sp³-hybridized carbons (Fsp3) is 0.250. The molecule has 0 spiro atoms. The van der Waals surface area contributed by atoms with Gasteiger partial charge in [-0.1, -0.05) is 0 Å². The molecule has 5 heteroatoms. The van der Waals surface area contributed by atoms with Gasteiger partial charge in [-0.2, -0.15) is 0 Å². The SMILES string of the molecule is COC(=O)c1cc[n+](C)cc1.O.[I-]. The number of carbonyl (C=O) groups excluding carboxylic acids is 1. The molecule has 0 unspecified atom stereocenters.